The number of methoxy groups -OCH3 is 1. The third-order valence-electron chi connectivity index (χ3n) is 7.16. The van der Waals surface area contributed by atoms with Crippen molar-refractivity contribution in [3.63, 3.8) is 0 Å². The average molecular weight is 566 g/mol. The van der Waals surface area contributed by atoms with Crippen LogP contribution >= 0.6 is 11.3 Å². The van der Waals surface area contributed by atoms with E-state index in [0.717, 1.165) is 62.9 Å². The molecule has 1 aliphatic rings. The number of carbonyl (C=O) groups is 2. The van der Waals surface area contributed by atoms with Crippen molar-refractivity contribution in [2.75, 3.05) is 19.5 Å². The van der Waals surface area contributed by atoms with E-state index in [-0.39, 0.29) is 5.91 Å². The van der Waals surface area contributed by atoms with Crippen LogP contribution in [0, 0.1) is 0 Å². The zero-order chi connectivity index (χ0) is 28.7. The molecule has 0 bridgehead atoms. The molecule has 206 valence electrons. The van der Waals surface area contributed by atoms with Gasteiger partial charge in [-0.25, -0.2) is 19.4 Å². The van der Waals surface area contributed by atoms with Gasteiger partial charge < -0.3 is 14.2 Å². The first-order chi connectivity index (χ1) is 19.8. The number of thiazole rings is 1. The van der Waals surface area contributed by atoms with Crippen LogP contribution in [0.2, 0.25) is 0 Å². The number of imidazole rings is 1. The molecule has 1 N–H and O–H groups in total. The van der Waals surface area contributed by atoms with Crippen molar-refractivity contribution in [1.82, 2.24) is 34.2 Å². The summed E-state index contributed by atoms with van der Waals surface area (Å²) < 4.78 is 8.59. The number of fused-ring (bicyclic) bond motifs is 3. The number of benzene rings is 1. The van der Waals surface area contributed by atoms with Gasteiger partial charge in [0.15, 0.2) is 5.13 Å². The molecule has 4 aromatic heterocycles. The smallest absolute Gasteiger partial charge is 0.413 e. The maximum absolute atomic E-state index is 13.3. The predicted octanol–water partition coefficient (Wildman–Crippen LogP) is 2.60. The maximum Gasteiger partial charge on any atom is 0.413 e. The molecule has 13 heteroatoms. The number of nitrogens with one attached hydrogen (secondary N) is 1. The zero-order valence-electron chi connectivity index (χ0n) is 23.1. The van der Waals surface area contributed by atoms with Crippen molar-refractivity contribution < 1.29 is 14.3 Å². The van der Waals surface area contributed by atoms with Crippen molar-refractivity contribution >= 4 is 41.8 Å². The Morgan fingerprint density at radius 2 is 2.07 bits per heavy atom. The Morgan fingerprint density at radius 1 is 1.22 bits per heavy atom. The predicted molar refractivity (Wildman–Crippen MR) is 159 cm³/mol. The molecule has 0 fully saturated rings. The molecule has 0 unspecified atom stereocenters. The molecule has 1 aliphatic carbocycles. The number of aromatic nitrogens is 6. The molecule has 0 radical (unpaired) electrons. The number of rotatable bonds is 6. The van der Waals surface area contributed by atoms with Gasteiger partial charge in [0.25, 0.3) is 5.91 Å². The molecule has 4 heterocycles. The number of anilines is 1. The molecule has 5 aromatic rings. The Hall–Kier alpha value is -4.78. The lowest BCUT2D eigenvalue weighted by atomic mass is 9.91. The van der Waals surface area contributed by atoms with Gasteiger partial charge in [-0.2, -0.15) is 5.10 Å². The number of nitrogens with zero attached hydrogens (tertiary/aromatic N) is 7. The van der Waals surface area contributed by atoms with Crippen molar-refractivity contribution in [2.24, 2.45) is 7.05 Å². The van der Waals surface area contributed by atoms with Crippen molar-refractivity contribution in [3.8, 4) is 27.5 Å². The molecule has 0 saturated heterocycles. The molecule has 0 spiro atoms. The summed E-state index contributed by atoms with van der Waals surface area (Å²) in [6.45, 7) is 0.403. The van der Waals surface area contributed by atoms with Crippen LogP contribution in [0.3, 0.4) is 0 Å². The van der Waals surface area contributed by atoms with Gasteiger partial charge in [0.2, 0.25) is 0 Å². The first kappa shape index (κ1) is 26.4. The van der Waals surface area contributed by atoms with Crippen molar-refractivity contribution in [3.05, 3.63) is 77.8 Å². The fourth-order valence-electron chi connectivity index (χ4n) is 5.05. The van der Waals surface area contributed by atoms with E-state index in [0.29, 0.717) is 17.2 Å². The Bertz CT molecular complexity index is 1780. The van der Waals surface area contributed by atoms with Crippen LogP contribution in [-0.2, 0) is 31.2 Å². The highest BCUT2D eigenvalue weighted by Gasteiger charge is 2.30. The highest BCUT2D eigenvalue weighted by atomic mass is 32.1. The van der Waals surface area contributed by atoms with Crippen LogP contribution in [0.5, 0.6) is 0 Å². The third-order valence-corrected chi connectivity index (χ3v) is 8.18. The fourth-order valence-corrected chi connectivity index (χ4v) is 6.11. The van der Waals surface area contributed by atoms with E-state index >= 15 is 0 Å². The number of hydrogen-bond acceptors (Lipinski definition) is 8. The number of aryl methyl sites for hydroxylation is 2. The number of amides is 2. The molecule has 0 saturated carbocycles. The topological polar surface area (TPSA) is 120 Å². The van der Waals surface area contributed by atoms with Gasteiger partial charge >= 0.3 is 6.09 Å². The molecular weight excluding hydrogens is 539 g/mol. The second-order valence-electron chi connectivity index (χ2n) is 9.86. The van der Waals surface area contributed by atoms with E-state index < -0.39 is 6.09 Å². The van der Waals surface area contributed by atoms with E-state index in [2.05, 4.69) is 20.3 Å². The van der Waals surface area contributed by atoms with Crippen LogP contribution < -0.4 is 10.8 Å². The highest BCUT2D eigenvalue weighted by Crippen LogP contribution is 2.43. The normalized spacial score (nSPS) is 12.0. The quantitative estimate of drug-likeness (QED) is 0.314. The SMILES string of the molecule is Bc1cc(C(=O)N(C)Cc2nccn2C)ccc1-n1nc(-c2cccnc2)c2c1-c1sc(NC(=O)OC)nc1CC2. The number of hydrogen-bond donors (Lipinski definition) is 1. The van der Waals surface area contributed by atoms with E-state index in [9.17, 15) is 9.59 Å². The van der Waals surface area contributed by atoms with Crippen LogP contribution in [0.1, 0.15) is 27.4 Å². The highest BCUT2D eigenvalue weighted by molar-refractivity contribution is 7.19. The van der Waals surface area contributed by atoms with Gasteiger partial charge in [-0.1, -0.05) is 22.9 Å². The van der Waals surface area contributed by atoms with Gasteiger partial charge in [-0.3, -0.25) is 15.1 Å². The number of carbonyl (C=O) groups excluding carboxylic acids is 2. The Kier molecular flexibility index (Phi) is 6.87. The second kappa shape index (κ2) is 10.7. The summed E-state index contributed by atoms with van der Waals surface area (Å²) in [6, 6.07) is 9.55. The van der Waals surface area contributed by atoms with E-state index in [1.54, 1.807) is 24.3 Å². The van der Waals surface area contributed by atoms with Crippen molar-refractivity contribution in [1.29, 1.82) is 0 Å². The number of ether oxygens (including phenoxy) is 1. The van der Waals surface area contributed by atoms with Crippen molar-refractivity contribution in [2.45, 2.75) is 19.4 Å². The summed E-state index contributed by atoms with van der Waals surface area (Å²) in [5.74, 6) is 0.714. The molecule has 6 rings (SSSR count). The summed E-state index contributed by atoms with van der Waals surface area (Å²) in [6.07, 6.45) is 8.02. The molecule has 41 heavy (non-hydrogen) atoms. The lowest BCUT2D eigenvalue weighted by molar-refractivity contribution is 0.0780. The standard InChI is InChI=1S/C28H27BN8O3S/c1-35-12-11-31-22(35)15-36(2)26(38)16-6-9-21(19(29)13-16)37-24-18(23(34-37)17-5-4-10-30-14-17)7-8-20-25(24)41-27(32-20)33-28(39)40-3/h4-6,9-14H,7-8,15,29H2,1-3H3,(H,32,33,39). The molecule has 0 atom stereocenters. The fraction of sp³-hybridized carbons (Fsp3) is 0.214. The van der Waals surface area contributed by atoms with Gasteiger partial charge in [0, 0.05) is 55.6 Å². The lowest BCUT2D eigenvalue weighted by Gasteiger charge is -2.19. The van der Waals surface area contributed by atoms with E-state index in [4.69, 9.17) is 9.84 Å². The van der Waals surface area contributed by atoms with Gasteiger partial charge in [0.05, 0.1) is 41.3 Å². The molecule has 2 amide bonds. The Balaban J connectivity index is 1.41. The first-order valence-corrected chi connectivity index (χ1v) is 13.9. The van der Waals surface area contributed by atoms with E-state index in [1.807, 2.05) is 66.9 Å². The summed E-state index contributed by atoms with van der Waals surface area (Å²) in [5, 5.41) is 8.25. The van der Waals surface area contributed by atoms with Crippen LogP contribution in [0.25, 0.3) is 27.5 Å². The van der Waals surface area contributed by atoms with E-state index in [1.165, 1.54) is 18.4 Å². The minimum Gasteiger partial charge on any atom is -0.453 e. The Labute approximate surface area is 241 Å². The molecule has 0 aliphatic heterocycles. The average Bonchev–Trinajstić information content (AvgIpc) is 3.69. The van der Waals surface area contributed by atoms with Crippen LogP contribution in [0.4, 0.5) is 9.93 Å². The monoisotopic (exact) mass is 566 g/mol. The third kappa shape index (κ3) is 4.88. The van der Waals surface area contributed by atoms with Gasteiger partial charge in [0.1, 0.15) is 13.7 Å². The molecule has 1 aromatic carbocycles. The van der Waals surface area contributed by atoms with Gasteiger partial charge in [-0.15, -0.1) is 0 Å². The van der Waals surface area contributed by atoms with Gasteiger partial charge in [-0.05, 0) is 37.1 Å². The maximum atomic E-state index is 13.3. The Morgan fingerprint density at radius 3 is 2.78 bits per heavy atom. The minimum absolute atomic E-state index is 0.0931. The van der Waals surface area contributed by atoms with Crippen LogP contribution in [-0.4, -0.2) is 68.2 Å². The molecular formula is C28H27BN8O3S. The summed E-state index contributed by atoms with van der Waals surface area (Å²) in [4.78, 5) is 41.1. The lowest BCUT2D eigenvalue weighted by Crippen LogP contribution is -2.28. The van der Waals surface area contributed by atoms with Crippen LogP contribution in [0.15, 0.2) is 55.1 Å². The summed E-state index contributed by atoms with van der Waals surface area (Å²) in [5.41, 5.74) is 7.01. The molecule has 11 nitrogen and oxygen atoms in total. The first-order valence-electron chi connectivity index (χ1n) is 13.0. The largest absolute Gasteiger partial charge is 0.453 e. The number of pyridine rings is 1. The summed E-state index contributed by atoms with van der Waals surface area (Å²) >= 11 is 1.39. The summed E-state index contributed by atoms with van der Waals surface area (Å²) in [7, 11) is 6.98. The second-order valence-corrected chi connectivity index (χ2v) is 10.9. The zero-order valence-corrected chi connectivity index (χ0v) is 23.9. The minimum atomic E-state index is -0.565.